The van der Waals surface area contributed by atoms with Gasteiger partial charge in [0.2, 0.25) is 5.91 Å². The van der Waals surface area contributed by atoms with Gasteiger partial charge < -0.3 is 24.3 Å². The van der Waals surface area contributed by atoms with Gasteiger partial charge in [0.15, 0.2) is 11.5 Å². The van der Waals surface area contributed by atoms with E-state index in [4.69, 9.17) is 18.9 Å². The van der Waals surface area contributed by atoms with Crippen molar-refractivity contribution >= 4 is 21.6 Å². The van der Waals surface area contributed by atoms with Gasteiger partial charge in [-0.25, -0.2) is 8.42 Å². The largest absolute Gasteiger partial charge is 0.497 e. The Bertz CT molecular complexity index is 1330. The van der Waals surface area contributed by atoms with Gasteiger partial charge in [-0.15, -0.1) is 0 Å². The zero-order valence-electron chi connectivity index (χ0n) is 21.6. The standard InChI is InChI=1S/C27H32N2O7S/c1-19-6-10-22(11-7-19)37(31,32)29(23-17-21(33-2)9-13-24(23)34-3)18-27(30)28-15-14-20-8-12-25(35-4)26(16-20)36-5/h6-13,16-17H,14-15,18H2,1-5H3,(H,28,30). The molecule has 0 unspecified atom stereocenters. The highest BCUT2D eigenvalue weighted by Gasteiger charge is 2.30. The first-order valence-electron chi connectivity index (χ1n) is 11.5. The van der Waals surface area contributed by atoms with Crippen molar-refractivity contribution in [2.45, 2.75) is 18.2 Å². The van der Waals surface area contributed by atoms with E-state index < -0.39 is 22.5 Å². The summed E-state index contributed by atoms with van der Waals surface area (Å²) in [6.07, 6.45) is 0.513. The van der Waals surface area contributed by atoms with Crippen molar-refractivity contribution in [1.29, 1.82) is 0 Å². The minimum atomic E-state index is -4.11. The first-order chi connectivity index (χ1) is 17.7. The van der Waals surface area contributed by atoms with Gasteiger partial charge in [-0.3, -0.25) is 9.10 Å². The molecule has 198 valence electrons. The third-order valence-electron chi connectivity index (χ3n) is 5.73. The lowest BCUT2D eigenvalue weighted by Gasteiger charge is -2.26. The number of ether oxygens (including phenoxy) is 4. The highest BCUT2D eigenvalue weighted by Crippen LogP contribution is 2.35. The summed E-state index contributed by atoms with van der Waals surface area (Å²) in [7, 11) is 1.92. The molecule has 3 aromatic carbocycles. The summed E-state index contributed by atoms with van der Waals surface area (Å²) in [6.45, 7) is 1.71. The maximum atomic E-state index is 13.7. The van der Waals surface area contributed by atoms with Crippen LogP contribution in [0.1, 0.15) is 11.1 Å². The van der Waals surface area contributed by atoms with E-state index in [1.54, 1.807) is 44.6 Å². The van der Waals surface area contributed by atoms with Gasteiger partial charge >= 0.3 is 0 Å². The number of nitrogens with one attached hydrogen (secondary N) is 1. The number of nitrogens with zero attached hydrogens (tertiary/aromatic N) is 1. The monoisotopic (exact) mass is 528 g/mol. The lowest BCUT2D eigenvalue weighted by atomic mass is 10.1. The van der Waals surface area contributed by atoms with Crippen LogP contribution in [0, 0.1) is 6.92 Å². The van der Waals surface area contributed by atoms with Crippen LogP contribution < -0.4 is 28.6 Å². The second kappa shape index (κ2) is 12.4. The van der Waals surface area contributed by atoms with Gasteiger partial charge in [0.25, 0.3) is 10.0 Å². The molecule has 0 aromatic heterocycles. The van der Waals surface area contributed by atoms with Gasteiger partial charge in [-0.05, 0) is 55.3 Å². The number of benzene rings is 3. The lowest BCUT2D eigenvalue weighted by molar-refractivity contribution is -0.119. The van der Waals surface area contributed by atoms with Crippen molar-refractivity contribution in [3.63, 3.8) is 0 Å². The fourth-order valence-corrected chi connectivity index (χ4v) is 5.12. The molecule has 0 spiro atoms. The average Bonchev–Trinajstić information content (AvgIpc) is 2.91. The van der Waals surface area contributed by atoms with Crippen molar-refractivity contribution in [3.05, 3.63) is 71.8 Å². The quantitative estimate of drug-likeness (QED) is 0.383. The summed E-state index contributed by atoms with van der Waals surface area (Å²) < 4.78 is 49.7. The van der Waals surface area contributed by atoms with E-state index in [2.05, 4.69) is 5.32 Å². The van der Waals surface area contributed by atoms with E-state index in [1.807, 2.05) is 19.1 Å². The SMILES string of the molecule is COc1ccc(OC)c(N(CC(=O)NCCc2ccc(OC)c(OC)c2)S(=O)(=O)c2ccc(C)cc2)c1. The zero-order valence-corrected chi connectivity index (χ0v) is 22.4. The van der Waals surface area contributed by atoms with E-state index in [1.165, 1.54) is 32.4 Å². The lowest BCUT2D eigenvalue weighted by Crippen LogP contribution is -2.41. The molecule has 0 aliphatic rings. The molecule has 0 radical (unpaired) electrons. The number of rotatable bonds is 12. The second-order valence-corrected chi connectivity index (χ2v) is 10.0. The molecule has 3 aromatic rings. The molecule has 9 nitrogen and oxygen atoms in total. The smallest absolute Gasteiger partial charge is 0.264 e. The van der Waals surface area contributed by atoms with Crippen LogP contribution in [0.5, 0.6) is 23.0 Å². The highest BCUT2D eigenvalue weighted by atomic mass is 32.2. The van der Waals surface area contributed by atoms with Crippen molar-refractivity contribution in [1.82, 2.24) is 5.32 Å². The molecule has 0 saturated carbocycles. The Balaban J connectivity index is 1.85. The predicted octanol–water partition coefficient (Wildman–Crippen LogP) is 3.58. The van der Waals surface area contributed by atoms with Crippen LogP contribution in [0.3, 0.4) is 0 Å². The van der Waals surface area contributed by atoms with Gasteiger partial charge in [0, 0.05) is 12.6 Å². The van der Waals surface area contributed by atoms with E-state index in [9.17, 15) is 13.2 Å². The van der Waals surface area contributed by atoms with Crippen LogP contribution in [-0.2, 0) is 21.2 Å². The summed E-state index contributed by atoms with van der Waals surface area (Å²) in [5, 5.41) is 2.81. The Hall–Kier alpha value is -3.92. The normalized spacial score (nSPS) is 10.9. The summed E-state index contributed by atoms with van der Waals surface area (Å²) in [6, 6.07) is 16.7. The molecule has 0 aliphatic heterocycles. The van der Waals surface area contributed by atoms with Gasteiger partial charge in [0.1, 0.15) is 18.0 Å². The number of carbonyl (C=O) groups is 1. The molecule has 37 heavy (non-hydrogen) atoms. The van der Waals surface area contributed by atoms with Gasteiger partial charge in [0.05, 0.1) is 39.0 Å². The first-order valence-corrected chi connectivity index (χ1v) is 13.0. The molecule has 1 amide bonds. The van der Waals surface area contributed by atoms with E-state index in [0.717, 1.165) is 15.4 Å². The van der Waals surface area contributed by atoms with Crippen LogP contribution in [0.4, 0.5) is 5.69 Å². The number of sulfonamides is 1. The number of aryl methyl sites for hydroxylation is 1. The first kappa shape index (κ1) is 27.7. The molecule has 0 bridgehead atoms. The Morgan fingerprint density at radius 3 is 2.08 bits per heavy atom. The fraction of sp³-hybridized carbons (Fsp3) is 0.296. The molecule has 0 atom stereocenters. The maximum absolute atomic E-state index is 13.7. The Kier molecular flexibility index (Phi) is 9.24. The number of anilines is 1. The minimum absolute atomic E-state index is 0.0566. The molecule has 0 saturated heterocycles. The molecule has 0 fully saturated rings. The van der Waals surface area contributed by atoms with Crippen molar-refractivity contribution in [2.24, 2.45) is 0 Å². The number of carbonyl (C=O) groups excluding carboxylic acids is 1. The van der Waals surface area contributed by atoms with Crippen LogP contribution in [0.15, 0.2) is 65.6 Å². The number of amides is 1. The minimum Gasteiger partial charge on any atom is -0.497 e. The maximum Gasteiger partial charge on any atom is 0.264 e. The molecule has 1 N–H and O–H groups in total. The Labute approximate surface area is 218 Å². The summed E-state index contributed by atoms with van der Waals surface area (Å²) in [4.78, 5) is 13.0. The Morgan fingerprint density at radius 2 is 1.46 bits per heavy atom. The van der Waals surface area contributed by atoms with Crippen molar-refractivity contribution in [2.75, 3.05) is 45.8 Å². The van der Waals surface area contributed by atoms with Crippen molar-refractivity contribution in [3.8, 4) is 23.0 Å². The molecule has 0 aliphatic carbocycles. The van der Waals surface area contributed by atoms with Crippen molar-refractivity contribution < 1.29 is 32.2 Å². The summed E-state index contributed by atoms with van der Waals surface area (Å²) in [5.41, 5.74) is 2.03. The predicted molar refractivity (Wildman–Crippen MR) is 142 cm³/mol. The molecular formula is C27H32N2O7S. The molecule has 10 heteroatoms. The third-order valence-corrected chi connectivity index (χ3v) is 7.51. The van der Waals surface area contributed by atoms with E-state index in [-0.39, 0.29) is 16.3 Å². The van der Waals surface area contributed by atoms with Crippen LogP contribution in [0.25, 0.3) is 0 Å². The fourth-order valence-electron chi connectivity index (χ4n) is 3.70. The van der Waals surface area contributed by atoms with Gasteiger partial charge in [-0.2, -0.15) is 0 Å². The number of methoxy groups -OCH3 is 4. The summed E-state index contributed by atoms with van der Waals surface area (Å²) >= 11 is 0. The number of hydrogen-bond acceptors (Lipinski definition) is 7. The second-order valence-electron chi connectivity index (χ2n) is 8.15. The van der Waals surface area contributed by atoms with E-state index in [0.29, 0.717) is 30.2 Å². The summed E-state index contributed by atoms with van der Waals surface area (Å²) in [5.74, 6) is 1.44. The van der Waals surface area contributed by atoms with E-state index >= 15 is 0 Å². The molecule has 3 rings (SSSR count). The van der Waals surface area contributed by atoms with Crippen LogP contribution >= 0.6 is 0 Å². The topological polar surface area (TPSA) is 103 Å². The van der Waals surface area contributed by atoms with Gasteiger partial charge in [-0.1, -0.05) is 23.8 Å². The average molecular weight is 529 g/mol. The van der Waals surface area contributed by atoms with Crippen LogP contribution in [0.2, 0.25) is 0 Å². The molecular weight excluding hydrogens is 496 g/mol. The Morgan fingerprint density at radius 1 is 0.811 bits per heavy atom. The van der Waals surface area contributed by atoms with Crippen LogP contribution in [-0.4, -0.2) is 55.9 Å². The zero-order chi connectivity index (χ0) is 27.0. The highest BCUT2D eigenvalue weighted by molar-refractivity contribution is 7.92. The third kappa shape index (κ3) is 6.65. The number of hydrogen-bond donors (Lipinski definition) is 1. The molecule has 0 heterocycles.